The highest BCUT2D eigenvalue weighted by Crippen LogP contribution is 2.32. The summed E-state index contributed by atoms with van der Waals surface area (Å²) in [4.78, 5) is 14.1. The first-order valence-corrected chi connectivity index (χ1v) is 7.63. The third kappa shape index (κ3) is 3.35. The van der Waals surface area contributed by atoms with Crippen LogP contribution in [0, 0.1) is 5.92 Å². The molecule has 3 heteroatoms. The minimum Gasteiger partial charge on any atom is -0.365 e. The first-order chi connectivity index (χ1) is 10.1. The summed E-state index contributed by atoms with van der Waals surface area (Å²) in [6.07, 6.45) is 2.50. The van der Waals surface area contributed by atoms with Crippen molar-refractivity contribution in [1.82, 2.24) is 5.32 Å². The molecule has 2 aromatic carbocycles. The van der Waals surface area contributed by atoms with E-state index in [1.807, 2.05) is 24.1 Å². The second kappa shape index (κ2) is 5.76. The number of nitrogens with zero attached hydrogens (tertiary/aromatic N) is 1. The van der Waals surface area contributed by atoms with E-state index in [9.17, 15) is 4.79 Å². The number of hydrogen-bond acceptors (Lipinski definition) is 2. The Morgan fingerprint density at radius 3 is 2.67 bits per heavy atom. The van der Waals surface area contributed by atoms with Gasteiger partial charge in [0.25, 0.3) is 0 Å². The number of hydrogen-bond donors (Lipinski definition) is 1. The maximum absolute atomic E-state index is 12.1. The summed E-state index contributed by atoms with van der Waals surface area (Å²) in [5.74, 6) is 0.796. The summed E-state index contributed by atoms with van der Waals surface area (Å²) in [5.41, 5.74) is 1.07. The van der Waals surface area contributed by atoms with Gasteiger partial charge in [0.15, 0.2) is 0 Å². The van der Waals surface area contributed by atoms with E-state index in [2.05, 4.69) is 42.6 Å². The molecule has 1 N–H and O–H groups in total. The van der Waals surface area contributed by atoms with E-state index in [0.717, 1.165) is 5.69 Å². The molecule has 1 saturated carbocycles. The van der Waals surface area contributed by atoms with Crippen LogP contribution in [0.1, 0.15) is 19.8 Å². The Morgan fingerprint density at radius 1 is 1.24 bits per heavy atom. The van der Waals surface area contributed by atoms with Crippen molar-refractivity contribution in [2.45, 2.75) is 25.8 Å². The summed E-state index contributed by atoms with van der Waals surface area (Å²) >= 11 is 0. The molecule has 21 heavy (non-hydrogen) atoms. The van der Waals surface area contributed by atoms with Gasteiger partial charge in [-0.2, -0.15) is 0 Å². The Kier molecular flexibility index (Phi) is 3.82. The number of benzene rings is 2. The van der Waals surface area contributed by atoms with E-state index >= 15 is 0 Å². The fourth-order valence-electron chi connectivity index (χ4n) is 2.73. The number of fused-ring (bicyclic) bond motifs is 1. The van der Waals surface area contributed by atoms with Crippen molar-refractivity contribution in [1.29, 1.82) is 0 Å². The monoisotopic (exact) mass is 282 g/mol. The minimum absolute atomic E-state index is 0.102. The number of likely N-dealkylation sites (N-methyl/N-ethyl adjacent to an activating group) is 1. The van der Waals surface area contributed by atoms with E-state index in [0.29, 0.717) is 18.5 Å². The summed E-state index contributed by atoms with van der Waals surface area (Å²) in [5, 5.41) is 5.53. The highest BCUT2D eigenvalue weighted by molar-refractivity contribution is 5.87. The third-order valence-electron chi connectivity index (χ3n) is 4.27. The topological polar surface area (TPSA) is 32.3 Å². The maximum Gasteiger partial charge on any atom is 0.239 e. The molecule has 0 bridgehead atoms. The lowest BCUT2D eigenvalue weighted by atomic mass is 10.1. The molecular formula is C18H22N2O. The molecular weight excluding hydrogens is 260 g/mol. The molecule has 3 rings (SSSR count). The lowest BCUT2D eigenvalue weighted by molar-refractivity contribution is -0.120. The smallest absolute Gasteiger partial charge is 0.239 e. The molecule has 1 atom stereocenters. The second-order valence-electron chi connectivity index (χ2n) is 6.08. The molecule has 0 spiro atoms. The van der Waals surface area contributed by atoms with Crippen LogP contribution in [-0.4, -0.2) is 25.5 Å². The number of carbonyl (C=O) groups excluding carboxylic acids is 1. The maximum atomic E-state index is 12.1. The fourth-order valence-corrected chi connectivity index (χ4v) is 2.73. The Balaban J connectivity index is 1.65. The van der Waals surface area contributed by atoms with Crippen molar-refractivity contribution in [2.24, 2.45) is 5.92 Å². The van der Waals surface area contributed by atoms with Crippen molar-refractivity contribution in [3.05, 3.63) is 42.5 Å². The molecule has 0 radical (unpaired) electrons. The second-order valence-corrected chi connectivity index (χ2v) is 6.08. The molecule has 0 aromatic heterocycles. The van der Waals surface area contributed by atoms with Crippen LogP contribution in [0.3, 0.4) is 0 Å². The van der Waals surface area contributed by atoms with Crippen LogP contribution in [0.5, 0.6) is 0 Å². The van der Waals surface area contributed by atoms with Crippen LogP contribution in [0.4, 0.5) is 5.69 Å². The highest BCUT2D eigenvalue weighted by atomic mass is 16.2. The molecule has 1 amide bonds. The van der Waals surface area contributed by atoms with E-state index in [1.54, 1.807) is 0 Å². The number of anilines is 1. The van der Waals surface area contributed by atoms with Gasteiger partial charge in [0.2, 0.25) is 5.91 Å². The number of amides is 1. The molecule has 2 aromatic rings. The number of rotatable bonds is 5. The first kappa shape index (κ1) is 13.9. The molecule has 1 aliphatic carbocycles. The van der Waals surface area contributed by atoms with Gasteiger partial charge >= 0.3 is 0 Å². The first-order valence-electron chi connectivity index (χ1n) is 7.63. The predicted molar refractivity (Wildman–Crippen MR) is 87.5 cm³/mol. The zero-order chi connectivity index (χ0) is 14.8. The zero-order valence-electron chi connectivity index (χ0n) is 12.7. The standard InChI is InChI=1S/C18H22N2O/c1-13(14-7-8-14)19-18(21)12-20(2)17-10-9-15-5-3-4-6-16(15)11-17/h3-6,9-11,13-14H,7-8,12H2,1-2H3,(H,19,21)/t13-/m0/s1. The molecule has 1 fully saturated rings. The summed E-state index contributed by atoms with van der Waals surface area (Å²) in [6.45, 7) is 2.50. The summed E-state index contributed by atoms with van der Waals surface area (Å²) in [6, 6.07) is 14.9. The van der Waals surface area contributed by atoms with Gasteiger partial charge in [0.05, 0.1) is 6.54 Å². The van der Waals surface area contributed by atoms with E-state index in [1.165, 1.54) is 23.6 Å². The van der Waals surface area contributed by atoms with Gasteiger partial charge in [-0.3, -0.25) is 4.79 Å². The van der Waals surface area contributed by atoms with Crippen LogP contribution < -0.4 is 10.2 Å². The van der Waals surface area contributed by atoms with Crippen molar-refractivity contribution in [3.8, 4) is 0 Å². The van der Waals surface area contributed by atoms with Crippen molar-refractivity contribution < 1.29 is 4.79 Å². The van der Waals surface area contributed by atoms with Gasteiger partial charge in [0, 0.05) is 18.8 Å². The van der Waals surface area contributed by atoms with E-state index in [4.69, 9.17) is 0 Å². The molecule has 1 aliphatic rings. The molecule has 0 saturated heterocycles. The fraction of sp³-hybridized carbons (Fsp3) is 0.389. The summed E-state index contributed by atoms with van der Waals surface area (Å²) < 4.78 is 0. The summed E-state index contributed by atoms with van der Waals surface area (Å²) in [7, 11) is 1.96. The van der Waals surface area contributed by atoms with Crippen molar-refractivity contribution >= 4 is 22.4 Å². The molecule has 0 heterocycles. The van der Waals surface area contributed by atoms with E-state index < -0.39 is 0 Å². The quantitative estimate of drug-likeness (QED) is 0.913. The molecule has 3 nitrogen and oxygen atoms in total. The van der Waals surface area contributed by atoms with Gasteiger partial charge in [-0.15, -0.1) is 0 Å². The Morgan fingerprint density at radius 2 is 1.95 bits per heavy atom. The lowest BCUT2D eigenvalue weighted by Crippen LogP contribution is -2.40. The molecule has 0 unspecified atom stereocenters. The van der Waals surface area contributed by atoms with Crippen LogP contribution in [0.2, 0.25) is 0 Å². The lowest BCUT2D eigenvalue weighted by Gasteiger charge is -2.21. The van der Waals surface area contributed by atoms with Crippen LogP contribution in [0.25, 0.3) is 10.8 Å². The Labute approximate surface area is 125 Å². The zero-order valence-corrected chi connectivity index (χ0v) is 12.7. The van der Waals surface area contributed by atoms with Gasteiger partial charge < -0.3 is 10.2 Å². The number of carbonyl (C=O) groups is 1. The van der Waals surface area contributed by atoms with Gasteiger partial charge in [-0.25, -0.2) is 0 Å². The van der Waals surface area contributed by atoms with Crippen LogP contribution >= 0.6 is 0 Å². The van der Waals surface area contributed by atoms with E-state index in [-0.39, 0.29) is 5.91 Å². The van der Waals surface area contributed by atoms with Crippen molar-refractivity contribution in [3.63, 3.8) is 0 Å². The molecule has 0 aliphatic heterocycles. The van der Waals surface area contributed by atoms with Gasteiger partial charge in [-0.1, -0.05) is 30.3 Å². The highest BCUT2D eigenvalue weighted by Gasteiger charge is 2.28. The number of nitrogens with one attached hydrogen (secondary N) is 1. The SMILES string of the molecule is C[C@H](NC(=O)CN(C)c1ccc2ccccc2c1)C1CC1. The van der Waals surface area contributed by atoms with Crippen molar-refractivity contribution in [2.75, 3.05) is 18.5 Å². The van der Waals surface area contributed by atoms with Crippen LogP contribution in [-0.2, 0) is 4.79 Å². The Hall–Kier alpha value is -2.03. The largest absolute Gasteiger partial charge is 0.365 e. The van der Waals surface area contributed by atoms with Gasteiger partial charge in [-0.05, 0) is 48.6 Å². The van der Waals surface area contributed by atoms with Gasteiger partial charge in [0.1, 0.15) is 0 Å². The predicted octanol–water partition coefficient (Wildman–Crippen LogP) is 3.19. The third-order valence-corrected chi connectivity index (χ3v) is 4.27. The average molecular weight is 282 g/mol. The minimum atomic E-state index is 0.102. The average Bonchev–Trinajstić information content (AvgIpc) is 3.31. The Bertz CT molecular complexity index is 648. The molecule has 110 valence electrons. The van der Waals surface area contributed by atoms with Crippen LogP contribution in [0.15, 0.2) is 42.5 Å². The normalized spacial score (nSPS) is 15.7.